The summed E-state index contributed by atoms with van der Waals surface area (Å²) >= 11 is 5.94. The van der Waals surface area contributed by atoms with Gasteiger partial charge < -0.3 is 4.90 Å². The number of rotatable bonds is 6. The van der Waals surface area contributed by atoms with Gasteiger partial charge in [0.2, 0.25) is 0 Å². The van der Waals surface area contributed by atoms with Crippen LogP contribution in [0.25, 0.3) is 0 Å². The van der Waals surface area contributed by atoms with E-state index in [-0.39, 0.29) is 12.2 Å². The van der Waals surface area contributed by atoms with Crippen LogP contribution in [-0.4, -0.2) is 41.1 Å². The number of hydrogen-bond acceptors (Lipinski definition) is 3. The highest BCUT2D eigenvalue weighted by Crippen LogP contribution is 2.17. The van der Waals surface area contributed by atoms with Crippen molar-refractivity contribution < 1.29 is 4.79 Å². The average molecular weight is 242 g/mol. The van der Waals surface area contributed by atoms with Crippen molar-refractivity contribution in [1.82, 2.24) is 14.7 Å². The van der Waals surface area contributed by atoms with Gasteiger partial charge in [0.25, 0.3) is 0 Å². The summed E-state index contributed by atoms with van der Waals surface area (Å²) in [7, 11) is 3.94. The molecule has 88 valence electrons. The number of carbonyl (C=O) groups excluding carboxylic acids is 1. The molecule has 1 heterocycles. The number of likely N-dealkylation sites (N-methyl/N-ethyl adjacent to an activating group) is 1. The maximum Gasteiger partial charge on any atom is 0.186 e. The molecular weight excluding hydrogens is 226 g/mol. The van der Waals surface area contributed by atoms with E-state index in [2.05, 4.69) is 11.7 Å². The first-order valence-electron chi connectivity index (χ1n) is 5.06. The number of aromatic nitrogens is 2. The van der Waals surface area contributed by atoms with Gasteiger partial charge in [-0.1, -0.05) is 17.7 Å². The van der Waals surface area contributed by atoms with E-state index in [1.54, 1.807) is 10.8 Å². The number of halogens is 1. The minimum atomic E-state index is -0.0451. The fourth-order valence-corrected chi connectivity index (χ4v) is 1.58. The van der Waals surface area contributed by atoms with E-state index in [9.17, 15) is 4.79 Å². The number of ketones is 1. The highest BCUT2D eigenvalue weighted by molar-refractivity contribution is 6.33. The standard InChI is InChI=1S/C11H16ClN3O/c1-4-5-10(16)11-9(12)8-13-15(11)7-6-14(2)3/h4,8H,1,5-7H2,2-3H3. The Balaban J connectivity index is 2.85. The fourth-order valence-electron chi connectivity index (χ4n) is 1.33. The molecule has 0 fully saturated rings. The zero-order valence-corrected chi connectivity index (χ0v) is 10.4. The van der Waals surface area contributed by atoms with Gasteiger partial charge in [0.05, 0.1) is 17.8 Å². The van der Waals surface area contributed by atoms with Crippen LogP contribution in [0.3, 0.4) is 0 Å². The third-order valence-electron chi connectivity index (χ3n) is 2.15. The lowest BCUT2D eigenvalue weighted by Gasteiger charge is -2.11. The molecule has 0 aliphatic rings. The summed E-state index contributed by atoms with van der Waals surface area (Å²) in [6.07, 6.45) is 3.36. The van der Waals surface area contributed by atoms with Crippen molar-refractivity contribution in [1.29, 1.82) is 0 Å². The van der Waals surface area contributed by atoms with Gasteiger partial charge in [-0.2, -0.15) is 5.10 Å². The second-order valence-corrected chi connectivity index (χ2v) is 4.19. The first-order chi connectivity index (χ1) is 7.56. The van der Waals surface area contributed by atoms with E-state index < -0.39 is 0 Å². The molecule has 1 rings (SSSR count). The molecule has 0 N–H and O–H groups in total. The van der Waals surface area contributed by atoms with Crippen LogP contribution in [0.4, 0.5) is 0 Å². The fraction of sp³-hybridized carbons (Fsp3) is 0.455. The van der Waals surface area contributed by atoms with E-state index >= 15 is 0 Å². The first-order valence-corrected chi connectivity index (χ1v) is 5.44. The quantitative estimate of drug-likeness (QED) is 0.564. The van der Waals surface area contributed by atoms with E-state index in [4.69, 9.17) is 11.6 Å². The molecule has 0 aromatic carbocycles. The number of Topliss-reactive ketones (excluding diaryl/α,β-unsaturated/α-hetero) is 1. The van der Waals surface area contributed by atoms with E-state index in [0.29, 0.717) is 17.3 Å². The molecule has 1 aromatic rings. The molecule has 16 heavy (non-hydrogen) atoms. The summed E-state index contributed by atoms with van der Waals surface area (Å²) in [5, 5.41) is 4.50. The van der Waals surface area contributed by atoms with Gasteiger partial charge in [-0.05, 0) is 14.1 Å². The summed E-state index contributed by atoms with van der Waals surface area (Å²) in [5.74, 6) is -0.0451. The minimum absolute atomic E-state index is 0.0451. The van der Waals surface area contributed by atoms with Crippen molar-refractivity contribution >= 4 is 17.4 Å². The Bertz CT molecular complexity index is 385. The molecular formula is C11H16ClN3O. The second kappa shape index (κ2) is 5.82. The van der Waals surface area contributed by atoms with Crippen molar-refractivity contribution in [3.8, 4) is 0 Å². The van der Waals surface area contributed by atoms with Crippen molar-refractivity contribution in [3.63, 3.8) is 0 Å². The van der Waals surface area contributed by atoms with Gasteiger partial charge in [0, 0.05) is 13.0 Å². The number of carbonyl (C=O) groups is 1. The zero-order chi connectivity index (χ0) is 12.1. The summed E-state index contributed by atoms with van der Waals surface area (Å²) in [6.45, 7) is 5.00. The van der Waals surface area contributed by atoms with Crippen LogP contribution in [0.1, 0.15) is 16.9 Å². The topological polar surface area (TPSA) is 38.1 Å². The zero-order valence-electron chi connectivity index (χ0n) is 9.61. The van der Waals surface area contributed by atoms with E-state index in [0.717, 1.165) is 6.54 Å². The smallest absolute Gasteiger partial charge is 0.186 e. The molecule has 0 saturated heterocycles. The van der Waals surface area contributed by atoms with Gasteiger partial charge in [0.15, 0.2) is 5.78 Å². The predicted octanol–water partition coefficient (Wildman–Crippen LogP) is 1.86. The van der Waals surface area contributed by atoms with Crippen LogP contribution >= 0.6 is 11.6 Å². The Morgan fingerprint density at radius 2 is 2.38 bits per heavy atom. The molecule has 0 bridgehead atoms. The normalized spacial score (nSPS) is 10.8. The lowest BCUT2D eigenvalue weighted by Crippen LogP contribution is -2.21. The third-order valence-corrected chi connectivity index (χ3v) is 2.42. The Hall–Kier alpha value is -1.13. The molecule has 5 heteroatoms. The van der Waals surface area contributed by atoms with Crippen molar-refractivity contribution in [3.05, 3.63) is 29.6 Å². The van der Waals surface area contributed by atoms with Crippen LogP contribution in [0.2, 0.25) is 5.02 Å². The first kappa shape index (κ1) is 12.9. The molecule has 4 nitrogen and oxygen atoms in total. The molecule has 0 amide bonds. The summed E-state index contributed by atoms with van der Waals surface area (Å²) in [5.41, 5.74) is 0.475. The van der Waals surface area contributed by atoms with Crippen LogP contribution < -0.4 is 0 Å². The maximum absolute atomic E-state index is 11.8. The average Bonchev–Trinajstić information content (AvgIpc) is 2.57. The van der Waals surface area contributed by atoms with Crippen LogP contribution in [0.5, 0.6) is 0 Å². The third kappa shape index (κ3) is 3.18. The molecule has 1 aromatic heterocycles. The number of hydrogen-bond donors (Lipinski definition) is 0. The van der Waals surface area contributed by atoms with Gasteiger partial charge in [-0.3, -0.25) is 9.48 Å². The van der Waals surface area contributed by atoms with Gasteiger partial charge in [-0.15, -0.1) is 6.58 Å². The van der Waals surface area contributed by atoms with Gasteiger partial charge >= 0.3 is 0 Å². The lowest BCUT2D eigenvalue weighted by atomic mass is 10.2. The second-order valence-electron chi connectivity index (χ2n) is 3.78. The van der Waals surface area contributed by atoms with Gasteiger partial charge in [-0.25, -0.2) is 0 Å². The van der Waals surface area contributed by atoms with Crippen LogP contribution in [0.15, 0.2) is 18.9 Å². The predicted molar refractivity (Wildman–Crippen MR) is 64.9 cm³/mol. The van der Waals surface area contributed by atoms with Crippen molar-refractivity contribution in [2.24, 2.45) is 0 Å². The van der Waals surface area contributed by atoms with Gasteiger partial charge in [0.1, 0.15) is 5.69 Å². The number of nitrogens with zero attached hydrogens (tertiary/aromatic N) is 3. The maximum atomic E-state index is 11.8. The summed E-state index contributed by atoms with van der Waals surface area (Å²) < 4.78 is 1.65. The molecule has 0 aliphatic heterocycles. The van der Waals surface area contributed by atoms with Crippen LogP contribution in [0, 0.1) is 0 Å². The Morgan fingerprint density at radius 3 is 2.94 bits per heavy atom. The van der Waals surface area contributed by atoms with E-state index in [1.165, 1.54) is 6.20 Å². The monoisotopic (exact) mass is 241 g/mol. The van der Waals surface area contributed by atoms with Crippen molar-refractivity contribution in [2.45, 2.75) is 13.0 Å². The Labute approximate surface area is 100 Å². The number of allylic oxidation sites excluding steroid dienone is 1. The minimum Gasteiger partial charge on any atom is -0.308 e. The molecule has 0 atom stereocenters. The molecule has 0 unspecified atom stereocenters. The summed E-state index contributed by atoms with van der Waals surface area (Å²) in [6, 6.07) is 0. The molecule has 0 spiro atoms. The Kier molecular flexibility index (Phi) is 4.71. The SMILES string of the molecule is C=CCC(=O)c1c(Cl)cnn1CCN(C)C. The molecule has 0 saturated carbocycles. The lowest BCUT2D eigenvalue weighted by molar-refractivity contribution is 0.0985. The van der Waals surface area contributed by atoms with Crippen molar-refractivity contribution in [2.75, 3.05) is 20.6 Å². The molecule has 0 radical (unpaired) electrons. The van der Waals surface area contributed by atoms with Crippen LogP contribution in [-0.2, 0) is 6.54 Å². The largest absolute Gasteiger partial charge is 0.308 e. The van der Waals surface area contributed by atoms with E-state index in [1.807, 2.05) is 19.0 Å². The Morgan fingerprint density at radius 1 is 1.69 bits per heavy atom. The highest BCUT2D eigenvalue weighted by Gasteiger charge is 2.15. The summed E-state index contributed by atoms with van der Waals surface area (Å²) in [4.78, 5) is 13.8. The highest BCUT2D eigenvalue weighted by atomic mass is 35.5. The molecule has 0 aliphatic carbocycles.